The first kappa shape index (κ1) is 59.3. The lowest BCUT2D eigenvalue weighted by Gasteiger charge is -2.58. The van der Waals surface area contributed by atoms with E-state index in [1.165, 1.54) is 98.7 Å². The Kier molecular flexibility index (Phi) is 21.6. The molecule has 0 aliphatic heterocycles. The summed E-state index contributed by atoms with van der Waals surface area (Å²) in [4.78, 5) is 78.0. The number of nitro benzene ring substituents is 1. The molecule has 3 fully saturated rings. The van der Waals surface area contributed by atoms with Crippen LogP contribution in [0.4, 0.5) is 16.2 Å². The van der Waals surface area contributed by atoms with E-state index in [1.807, 2.05) is 20.1 Å². The minimum absolute atomic E-state index is 0.0215. The summed E-state index contributed by atoms with van der Waals surface area (Å²) in [7, 11) is 0. The summed E-state index contributed by atoms with van der Waals surface area (Å²) < 4.78 is 16.8. The molecule has 0 heterocycles. The Bertz CT molecular complexity index is 2290. The number of rotatable bonds is 27. The Hall–Kier alpha value is -4.96. The van der Waals surface area contributed by atoms with Gasteiger partial charge in [0.25, 0.3) is 5.69 Å². The lowest BCUT2D eigenvalue weighted by Crippen LogP contribution is -2.56. The molecule has 6 rings (SSSR count). The number of nitro groups is 1. The van der Waals surface area contributed by atoms with Gasteiger partial charge in [-0.1, -0.05) is 91.5 Å². The van der Waals surface area contributed by atoms with E-state index in [0.717, 1.165) is 48.3 Å². The number of carbonyl (C=O) groups excluding carboxylic acids is 5. The van der Waals surface area contributed by atoms with Crippen LogP contribution < -0.4 is 26.0 Å². The van der Waals surface area contributed by atoms with Crippen molar-refractivity contribution < 1.29 is 43.1 Å². The van der Waals surface area contributed by atoms with E-state index in [1.54, 1.807) is 29.8 Å². The highest BCUT2D eigenvalue weighted by molar-refractivity contribution is 7.98. The third-order valence-corrected chi connectivity index (χ3v) is 18.1. The Balaban J connectivity index is 0.952. The fourth-order valence-corrected chi connectivity index (χ4v) is 14.0. The average Bonchev–Trinajstić information content (AvgIpc) is 3.73. The number of anilines is 1. The van der Waals surface area contributed by atoms with Crippen LogP contribution in [0.5, 0.6) is 5.75 Å². The van der Waals surface area contributed by atoms with Gasteiger partial charge in [0.2, 0.25) is 23.6 Å². The van der Waals surface area contributed by atoms with Gasteiger partial charge in [0.1, 0.15) is 24.4 Å². The zero-order valence-corrected chi connectivity index (χ0v) is 46.9. The first-order valence-electron chi connectivity index (χ1n) is 27.9. The topological polar surface area (TPSA) is 209 Å². The second kappa shape index (κ2) is 27.4. The smallest absolute Gasteiger partial charge is 0.429 e. The summed E-state index contributed by atoms with van der Waals surface area (Å²) in [6, 6.07) is 9.37. The van der Waals surface area contributed by atoms with Crippen molar-refractivity contribution in [1.82, 2.24) is 10.6 Å². The molecule has 0 spiro atoms. The number of benzene rings is 2. The molecule has 10 atom stereocenters. The molecule has 3 saturated carbocycles. The van der Waals surface area contributed by atoms with Crippen molar-refractivity contribution in [1.29, 1.82) is 0 Å². The van der Waals surface area contributed by atoms with E-state index in [2.05, 4.69) is 51.3 Å². The second-order valence-electron chi connectivity index (χ2n) is 23.4. The van der Waals surface area contributed by atoms with Gasteiger partial charge in [-0.15, -0.1) is 0 Å². The number of nitrogens with zero attached hydrogens (tertiary/aromatic N) is 2. The Morgan fingerprint density at radius 1 is 0.867 bits per heavy atom. The number of thioether (sulfide) groups is 1. The fourth-order valence-electron chi connectivity index (χ4n) is 13.5. The number of nitrogens with two attached hydrogens (primary N) is 1. The van der Waals surface area contributed by atoms with Crippen LogP contribution in [-0.4, -0.2) is 78.1 Å². The molecule has 3 unspecified atom stereocenters. The molecule has 0 aromatic heterocycles. The highest BCUT2D eigenvalue weighted by Gasteiger charge is 2.59. The molecule has 4 aliphatic carbocycles. The number of non-ortho nitro benzene ring substituents is 1. The molecule has 414 valence electrons. The fraction of sp³-hybridized carbons (Fsp3) is 0.678. The molecule has 15 nitrogen and oxygen atoms in total. The number of nitrogens with one attached hydrogen (secondary N) is 2. The Morgan fingerprint density at radius 2 is 1.59 bits per heavy atom. The van der Waals surface area contributed by atoms with Gasteiger partial charge >= 0.3 is 6.16 Å². The number of amides is 4. The quantitative estimate of drug-likeness (QED) is 0.0191. The molecule has 0 radical (unpaired) electrons. The van der Waals surface area contributed by atoms with Crippen LogP contribution in [0, 0.1) is 62.4 Å². The molecular weight excluding hydrogens is 971 g/mol. The standard InChI is InChI=1S/C59H87N5O10S/c1-38(2)11-9-12-40(5)48-23-24-49-47-22-15-42-36-46(27-30-58(42,6)50(47)28-31-59(48,49)7)72-33-10-32-61-53(65)25-26-54(66)62-51(35-39(3)4)56(68)63(52(55(60)67)29-34-75-8)43-16-13-41(14-17-43)37-73-57(69)74-45-20-18-44(19-21-45)64(70)71/h13-21,38-40,46-52H,9-12,22-37H2,1-8H3,(H2,60,67)(H,61,65)(H,62,66)/t40-,46+,47?,48-,49?,50?,51+,52+,58+,59-/m1/s1. The summed E-state index contributed by atoms with van der Waals surface area (Å²) in [6.07, 6.45) is 18.7. The number of fused-ring (bicyclic) bond motifs is 5. The Morgan fingerprint density at radius 3 is 2.25 bits per heavy atom. The molecule has 75 heavy (non-hydrogen) atoms. The minimum Gasteiger partial charge on any atom is -0.429 e. The maximum atomic E-state index is 14.5. The molecule has 0 bridgehead atoms. The average molecular weight is 1060 g/mol. The largest absolute Gasteiger partial charge is 0.514 e. The molecule has 4 N–H and O–H groups in total. The number of ether oxygens (including phenoxy) is 3. The van der Waals surface area contributed by atoms with Crippen LogP contribution in [0.3, 0.4) is 0 Å². The normalized spacial score (nSPS) is 25.1. The summed E-state index contributed by atoms with van der Waals surface area (Å²) >= 11 is 1.50. The van der Waals surface area contributed by atoms with Crippen LogP contribution in [0.25, 0.3) is 0 Å². The zero-order valence-electron chi connectivity index (χ0n) is 46.1. The van der Waals surface area contributed by atoms with Gasteiger partial charge in [-0.2, -0.15) is 11.8 Å². The van der Waals surface area contributed by atoms with Crippen molar-refractivity contribution in [2.45, 2.75) is 176 Å². The van der Waals surface area contributed by atoms with Crippen LogP contribution in [-0.2, 0) is 35.3 Å². The van der Waals surface area contributed by atoms with Crippen LogP contribution in [0.2, 0.25) is 0 Å². The van der Waals surface area contributed by atoms with E-state index in [-0.39, 0.29) is 67.1 Å². The lowest BCUT2D eigenvalue weighted by atomic mass is 9.47. The van der Waals surface area contributed by atoms with Crippen molar-refractivity contribution >= 4 is 52.9 Å². The SMILES string of the molecule is CSCC[C@@H](C(N)=O)N(C(=O)[C@H](CC(C)C)NC(=O)CCC(=O)NCCCO[C@H]1CC[C@@]2(C)C(=CCC3C2CC[C@@]2(C)C3CC[C@@H]2[C@H](C)CCCC(C)C)C1)c1ccc(COC(=O)Oc2ccc([N+](=O)[O-])cc2)cc1. The first-order valence-corrected chi connectivity index (χ1v) is 29.3. The number of hydrogen-bond donors (Lipinski definition) is 3. The highest BCUT2D eigenvalue weighted by Crippen LogP contribution is 2.67. The maximum Gasteiger partial charge on any atom is 0.514 e. The number of primary amides is 1. The van der Waals surface area contributed by atoms with Crippen LogP contribution in [0.1, 0.15) is 157 Å². The van der Waals surface area contributed by atoms with Crippen molar-refractivity contribution in [3.05, 3.63) is 75.9 Å². The van der Waals surface area contributed by atoms with Gasteiger partial charge in [-0.3, -0.25) is 34.2 Å². The van der Waals surface area contributed by atoms with Gasteiger partial charge in [-0.25, -0.2) is 4.79 Å². The van der Waals surface area contributed by atoms with Crippen molar-refractivity contribution in [3.8, 4) is 5.75 Å². The van der Waals surface area contributed by atoms with Crippen molar-refractivity contribution in [2.24, 2.45) is 58.0 Å². The van der Waals surface area contributed by atoms with E-state index >= 15 is 0 Å². The number of carbonyl (C=O) groups is 5. The van der Waals surface area contributed by atoms with E-state index in [9.17, 15) is 34.1 Å². The maximum absolute atomic E-state index is 14.5. The molecule has 2 aromatic rings. The molecule has 0 saturated heterocycles. The summed E-state index contributed by atoms with van der Waals surface area (Å²) in [6.45, 7) is 17.1. The lowest BCUT2D eigenvalue weighted by molar-refractivity contribution is -0.384. The zero-order chi connectivity index (χ0) is 54.5. The van der Waals surface area contributed by atoms with E-state index in [0.29, 0.717) is 42.0 Å². The first-order chi connectivity index (χ1) is 35.7. The molecule has 4 aliphatic rings. The molecule has 4 amide bonds. The summed E-state index contributed by atoms with van der Waals surface area (Å²) in [5, 5.41) is 16.7. The van der Waals surface area contributed by atoms with Crippen LogP contribution >= 0.6 is 11.8 Å². The molecule has 16 heteroatoms. The Labute approximate surface area is 450 Å². The summed E-state index contributed by atoms with van der Waals surface area (Å²) in [5.74, 6) is 3.49. The third kappa shape index (κ3) is 15.6. The molecule has 2 aromatic carbocycles. The van der Waals surface area contributed by atoms with Crippen LogP contribution in [0.15, 0.2) is 60.2 Å². The number of hydrogen-bond acceptors (Lipinski definition) is 11. The van der Waals surface area contributed by atoms with Gasteiger partial charge in [0.15, 0.2) is 0 Å². The second-order valence-corrected chi connectivity index (χ2v) is 24.4. The highest BCUT2D eigenvalue weighted by atomic mass is 32.2. The van der Waals surface area contributed by atoms with E-state index in [4.69, 9.17) is 19.9 Å². The number of allylic oxidation sites excluding steroid dienone is 1. The monoisotopic (exact) mass is 1060 g/mol. The molecular formula is C59H87N5O10S. The van der Waals surface area contributed by atoms with Gasteiger partial charge < -0.3 is 30.6 Å². The van der Waals surface area contributed by atoms with Crippen molar-refractivity contribution in [2.75, 3.05) is 30.1 Å². The summed E-state index contributed by atoms with van der Waals surface area (Å²) in [5.41, 5.74) is 9.02. The van der Waals surface area contributed by atoms with Crippen molar-refractivity contribution in [3.63, 3.8) is 0 Å². The van der Waals surface area contributed by atoms with E-state index < -0.39 is 40.9 Å². The van der Waals surface area contributed by atoms with Gasteiger partial charge in [0.05, 0.1) is 11.0 Å². The minimum atomic E-state index is -1.03. The van der Waals surface area contributed by atoms with Gasteiger partial charge in [-0.05, 0) is 165 Å². The van der Waals surface area contributed by atoms with Gasteiger partial charge in [0, 0.05) is 43.8 Å². The predicted octanol–water partition coefficient (Wildman–Crippen LogP) is 11.5. The third-order valence-electron chi connectivity index (χ3n) is 17.5. The predicted molar refractivity (Wildman–Crippen MR) is 295 cm³/mol.